The lowest BCUT2D eigenvalue weighted by Crippen LogP contribution is -2.73. The summed E-state index contributed by atoms with van der Waals surface area (Å²) in [6.07, 6.45) is 6.16. The van der Waals surface area contributed by atoms with Gasteiger partial charge in [0.05, 0.1) is 12.7 Å². The van der Waals surface area contributed by atoms with Gasteiger partial charge in [-0.15, -0.1) is 0 Å². The predicted octanol–water partition coefficient (Wildman–Crippen LogP) is 4.36. The summed E-state index contributed by atoms with van der Waals surface area (Å²) in [5.74, 6) is 1.58. The van der Waals surface area contributed by atoms with Gasteiger partial charge in [-0.25, -0.2) is 0 Å². The first kappa shape index (κ1) is 19.1. The van der Waals surface area contributed by atoms with Crippen molar-refractivity contribution in [3.05, 3.63) is 65.2 Å². The van der Waals surface area contributed by atoms with Gasteiger partial charge in [0.1, 0.15) is 5.75 Å². The van der Waals surface area contributed by atoms with E-state index in [1.54, 1.807) is 7.11 Å². The number of rotatable bonds is 4. The third-order valence-corrected chi connectivity index (χ3v) is 8.14. The van der Waals surface area contributed by atoms with Gasteiger partial charge in [0, 0.05) is 18.0 Å². The summed E-state index contributed by atoms with van der Waals surface area (Å²) in [5.41, 5.74) is 3.41. The van der Waals surface area contributed by atoms with Crippen molar-refractivity contribution in [2.45, 2.75) is 62.5 Å². The van der Waals surface area contributed by atoms with Crippen LogP contribution in [0.2, 0.25) is 0 Å². The van der Waals surface area contributed by atoms with E-state index in [4.69, 9.17) is 4.74 Å². The molecule has 154 valence electrons. The maximum Gasteiger partial charge on any atom is 0.119 e. The zero-order chi connectivity index (χ0) is 20.1. The van der Waals surface area contributed by atoms with Crippen LogP contribution in [0.1, 0.15) is 49.3 Å². The average molecular weight is 392 g/mol. The molecule has 1 saturated carbocycles. The fourth-order valence-electron chi connectivity index (χ4n) is 6.65. The Morgan fingerprint density at radius 2 is 1.97 bits per heavy atom. The zero-order valence-corrected chi connectivity index (χ0v) is 17.7. The number of likely N-dealkylation sites (tertiary alicyclic amines) is 1. The molecule has 1 saturated heterocycles. The number of hydrogen-bond donors (Lipinski definition) is 1. The highest BCUT2D eigenvalue weighted by Crippen LogP contribution is 2.59. The Hall–Kier alpha value is -1.84. The van der Waals surface area contributed by atoms with Crippen molar-refractivity contribution < 1.29 is 9.84 Å². The minimum absolute atomic E-state index is 0.124. The van der Waals surface area contributed by atoms with E-state index in [0.717, 1.165) is 57.4 Å². The van der Waals surface area contributed by atoms with Crippen molar-refractivity contribution >= 4 is 0 Å². The van der Waals surface area contributed by atoms with Gasteiger partial charge in [-0.2, -0.15) is 0 Å². The van der Waals surface area contributed by atoms with E-state index in [-0.39, 0.29) is 11.5 Å². The van der Waals surface area contributed by atoms with Crippen molar-refractivity contribution in [3.63, 3.8) is 0 Å². The molecule has 1 unspecified atom stereocenters. The normalized spacial score (nSPS) is 33.6. The lowest BCUT2D eigenvalue weighted by molar-refractivity contribution is -0.172. The Bertz CT molecular complexity index is 882. The summed E-state index contributed by atoms with van der Waals surface area (Å²) < 4.78 is 5.57. The molecule has 1 N–H and O–H groups in total. The Labute approximate surface area is 174 Å². The Morgan fingerprint density at radius 1 is 1.14 bits per heavy atom. The second-order valence-corrected chi connectivity index (χ2v) is 9.62. The van der Waals surface area contributed by atoms with Gasteiger partial charge < -0.3 is 9.84 Å². The van der Waals surface area contributed by atoms with Crippen molar-refractivity contribution in [2.24, 2.45) is 5.92 Å². The average Bonchev–Trinajstić information content (AvgIpc) is 2.74. The van der Waals surface area contributed by atoms with Crippen LogP contribution in [0.15, 0.2) is 48.5 Å². The number of ether oxygens (including phenoxy) is 1. The van der Waals surface area contributed by atoms with Gasteiger partial charge in [0.2, 0.25) is 0 Å². The Balaban J connectivity index is 1.51. The summed E-state index contributed by atoms with van der Waals surface area (Å²) in [7, 11) is 1.74. The van der Waals surface area contributed by atoms with E-state index in [9.17, 15) is 5.11 Å². The first-order chi connectivity index (χ1) is 14.1. The molecular weight excluding hydrogens is 358 g/mol. The number of methoxy groups -OCH3 is 1. The van der Waals surface area contributed by atoms with Crippen molar-refractivity contribution in [1.29, 1.82) is 0 Å². The fourth-order valence-corrected chi connectivity index (χ4v) is 6.65. The van der Waals surface area contributed by atoms with Crippen LogP contribution in [-0.2, 0) is 18.3 Å². The van der Waals surface area contributed by atoms with Crippen LogP contribution in [0, 0.1) is 5.92 Å². The molecule has 0 amide bonds. The molecule has 1 aliphatic heterocycles. The van der Waals surface area contributed by atoms with Crippen LogP contribution in [0.5, 0.6) is 5.75 Å². The quantitative estimate of drug-likeness (QED) is 0.841. The molecule has 1 heterocycles. The molecule has 2 aromatic rings. The third-order valence-electron chi connectivity index (χ3n) is 8.14. The number of piperidine rings is 1. The summed E-state index contributed by atoms with van der Waals surface area (Å²) in [5, 5.41) is 12.3. The monoisotopic (exact) mass is 391 g/mol. The highest BCUT2D eigenvalue weighted by Gasteiger charge is 2.64. The van der Waals surface area contributed by atoms with E-state index in [1.807, 2.05) is 0 Å². The molecule has 0 spiro atoms. The molecule has 3 nitrogen and oxygen atoms in total. The van der Waals surface area contributed by atoms with Crippen LogP contribution >= 0.6 is 0 Å². The molecule has 2 aromatic carbocycles. The molecule has 5 rings (SSSR count). The second-order valence-electron chi connectivity index (χ2n) is 9.62. The van der Waals surface area contributed by atoms with Gasteiger partial charge in [-0.1, -0.05) is 43.3 Å². The number of benzene rings is 2. The molecule has 0 radical (unpaired) electrons. The highest BCUT2D eigenvalue weighted by atomic mass is 16.5. The van der Waals surface area contributed by atoms with Gasteiger partial charge in [0.25, 0.3) is 0 Å². The maximum absolute atomic E-state index is 12.3. The van der Waals surface area contributed by atoms with Gasteiger partial charge in [-0.05, 0) is 79.8 Å². The van der Waals surface area contributed by atoms with Gasteiger partial charge in [-0.3, -0.25) is 4.90 Å². The van der Waals surface area contributed by atoms with Gasteiger partial charge in [0.15, 0.2) is 0 Å². The summed E-state index contributed by atoms with van der Waals surface area (Å²) >= 11 is 0. The Kier molecular flexibility index (Phi) is 4.71. The first-order valence-electron chi connectivity index (χ1n) is 11.2. The molecule has 0 aromatic heterocycles. The minimum atomic E-state index is -0.631. The number of nitrogens with zero attached hydrogens (tertiary/aromatic N) is 1. The molecule has 4 atom stereocenters. The number of fused-ring (bicyclic) bond motifs is 1. The van der Waals surface area contributed by atoms with Crippen LogP contribution in [-0.4, -0.2) is 41.8 Å². The zero-order valence-electron chi connectivity index (χ0n) is 17.7. The van der Waals surface area contributed by atoms with E-state index in [1.165, 1.54) is 16.7 Å². The molecule has 3 aliphatic rings. The largest absolute Gasteiger partial charge is 0.497 e. The van der Waals surface area contributed by atoms with Gasteiger partial charge >= 0.3 is 0 Å². The topological polar surface area (TPSA) is 32.7 Å². The van der Waals surface area contributed by atoms with E-state index in [0.29, 0.717) is 5.92 Å². The number of aliphatic hydroxyl groups is 1. The summed E-state index contributed by atoms with van der Waals surface area (Å²) in [4.78, 5) is 2.59. The van der Waals surface area contributed by atoms with E-state index < -0.39 is 5.60 Å². The highest BCUT2D eigenvalue weighted by molar-refractivity contribution is 5.48. The third kappa shape index (κ3) is 2.93. The van der Waals surface area contributed by atoms with E-state index >= 15 is 0 Å². The molecule has 3 heteroatoms. The summed E-state index contributed by atoms with van der Waals surface area (Å²) in [6.45, 7) is 4.46. The van der Waals surface area contributed by atoms with Crippen molar-refractivity contribution in [2.75, 3.05) is 20.2 Å². The van der Waals surface area contributed by atoms with Crippen LogP contribution in [0.3, 0.4) is 0 Å². The number of hydrogen-bond acceptors (Lipinski definition) is 3. The lowest BCUT2D eigenvalue weighted by Gasteiger charge is -2.64. The fraction of sp³-hybridized carbons (Fsp3) is 0.538. The van der Waals surface area contributed by atoms with Crippen LogP contribution < -0.4 is 4.74 Å². The second kappa shape index (κ2) is 7.14. The predicted molar refractivity (Wildman–Crippen MR) is 116 cm³/mol. The first-order valence-corrected chi connectivity index (χ1v) is 11.2. The smallest absolute Gasteiger partial charge is 0.119 e. The molecular formula is C26H33NO2. The molecule has 2 fully saturated rings. The Morgan fingerprint density at radius 3 is 2.76 bits per heavy atom. The van der Waals surface area contributed by atoms with Crippen LogP contribution in [0.4, 0.5) is 0 Å². The molecule has 2 bridgehead atoms. The lowest BCUT2D eigenvalue weighted by atomic mass is 9.48. The van der Waals surface area contributed by atoms with Crippen LogP contribution in [0.25, 0.3) is 0 Å². The maximum atomic E-state index is 12.3. The molecule has 2 aliphatic carbocycles. The van der Waals surface area contributed by atoms with Crippen molar-refractivity contribution in [3.8, 4) is 5.75 Å². The minimum Gasteiger partial charge on any atom is -0.497 e. The standard InChI is InChI=1S/C26H33NO2/c1-19-10-12-26(28)24-16-21-8-9-22(29-2)17-23(21)25(26,18-19)13-15-27(24)14-11-20-6-4-3-5-7-20/h3-9,17,19,24,28H,10-16,18H2,1-2H3/t19?,24-,25-,26-/m1/s1. The summed E-state index contributed by atoms with van der Waals surface area (Å²) in [6, 6.07) is 17.5. The van der Waals surface area contributed by atoms with Crippen molar-refractivity contribution in [1.82, 2.24) is 4.90 Å². The molecule has 29 heavy (non-hydrogen) atoms. The van der Waals surface area contributed by atoms with E-state index in [2.05, 4.69) is 60.4 Å². The SMILES string of the molecule is COc1ccc2c(c1)[C@]13CCN(CCc4ccccc4)[C@H](C2)[C@]1(O)CCC(C)C3.